The molecule has 0 aliphatic heterocycles. The van der Waals surface area contributed by atoms with Gasteiger partial charge >= 0.3 is 5.97 Å². The maximum absolute atomic E-state index is 12.7. The lowest BCUT2D eigenvalue weighted by atomic mass is 10.1. The minimum absolute atomic E-state index is 0.0662. The number of aromatic carboxylic acids is 1. The van der Waals surface area contributed by atoms with Gasteiger partial charge in [-0.25, -0.2) is 17.9 Å². The van der Waals surface area contributed by atoms with Crippen LogP contribution >= 0.6 is 0 Å². The normalized spacial score (nSPS) is 24.3. The van der Waals surface area contributed by atoms with E-state index in [-0.39, 0.29) is 22.4 Å². The average molecular weight is 343 g/mol. The number of benzene rings is 2. The Kier molecular flexibility index (Phi) is 3.30. The number of nitrogens with one attached hydrogen (secondary N) is 1. The first-order chi connectivity index (χ1) is 11.4. The predicted octanol–water partition coefficient (Wildman–Crippen LogP) is 2.31. The molecule has 124 valence electrons. The number of hydrogen-bond donors (Lipinski definition) is 2. The van der Waals surface area contributed by atoms with Crippen molar-refractivity contribution >= 4 is 16.0 Å². The molecule has 2 aromatic carbocycles. The molecular weight excluding hydrogens is 326 g/mol. The number of carboxylic acids is 1. The van der Waals surface area contributed by atoms with Gasteiger partial charge in [-0.2, -0.15) is 0 Å². The lowest BCUT2D eigenvalue weighted by molar-refractivity contribution is 0.0696. The molecule has 2 aliphatic carbocycles. The van der Waals surface area contributed by atoms with Crippen molar-refractivity contribution in [3.63, 3.8) is 0 Å². The van der Waals surface area contributed by atoms with Gasteiger partial charge in [0.2, 0.25) is 10.0 Å². The zero-order valence-electron chi connectivity index (χ0n) is 13.1. The summed E-state index contributed by atoms with van der Waals surface area (Å²) in [6, 6.07) is 12.2. The molecule has 0 amide bonds. The third-order valence-electron chi connectivity index (χ3n) is 5.04. The summed E-state index contributed by atoms with van der Waals surface area (Å²) < 4.78 is 28.1. The van der Waals surface area contributed by atoms with Crippen LogP contribution in [-0.4, -0.2) is 25.5 Å². The fourth-order valence-electron chi connectivity index (χ4n) is 3.84. The molecule has 1 fully saturated rings. The first-order valence-electron chi connectivity index (χ1n) is 7.82. The van der Waals surface area contributed by atoms with Crippen molar-refractivity contribution in [2.45, 2.75) is 30.2 Å². The van der Waals surface area contributed by atoms with E-state index < -0.39 is 16.0 Å². The van der Waals surface area contributed by atoms with Crippen LogP contribution in [0.25, 0.3) is 0 Å². The highest BCUT2D eigenvalue weighted by Crippen LogP contribution is 2.56. The molecule has 1 saturated carbocycles. The first-order valence-corrected chi connectivity index (χ1v) is 9.31. The maximum Gasteiger partial charge on any atom is 0.335 e. The van der Waals surface area contributed by atoms with Crippen molar-refractivity contribution < 1.29 is 18.3 Å². The summed E-state index contributed by atoms with van der Waals surface area (Å²) >= 11 is 0. The lowest BCUT2D eigenvalue weighted by Crippen LogP contribution is -2.29. The summed E-state index contributed by atoms with van der Waals surface area (Å²) in [5, 5.41) is 9.00. The Balaban J connectivity index is 1.57. The fourth-order valence-corrected chi connectivity index (χ4v) is 5.38. The molecule has 24 heavy (non-hydrogen) atoms. The molecule has 0 spiro atoms. The highest BCUT2D eigenvalue weighted by molar-refractivity contribution is 7.89. The van der Waals surface area contributed by atoms with Gasteiger partial charge in [-0.3, -0.25) is 0 Å². The first kappa shape index (κ1) is 15.4. The number of fused-ring (bicyclic) bond motifs is 3. The van der Waals surface area contributed by atoms with Crippen LogP contribution in [-0.2, 0) is 16.4 Å². The third-order valence-corrected chi connectivity index (χ3v) is 6.66. The molecular formula is C18H17NO4S. The van der Waals surface area contributed by atoms with E-state index >= 15 is 0 Å². The van der Waals surface area contributed by atoms with E-state index in [2.05, 4.69) is 16.9 Å². The van der Waals surface area contributed by atoms with E-state index in [1.165, 1.54) is 29.3 Å². The SMILES string of the molecule is Cc1cc(C(=O)O)ccc1S(=O)(=O)N[C@@H]1[C@H]2Cc3ccccc3[C@H]21. The van der Waals surface area contributed by atoms with Crippen LogP contribution in [0.3, 0.4) is 0 Å². The molecule has 0 heterocycles. The van der Waals surface area contributed by atoms with Gasteiger partial charge in [0, 0.05) is 12.0 Å². The second-order valence-electron chi connectivity index (χ2n) is 6.53. The molecule has 5 nitrogen and oxygen atoms in total. The summed E-state index contributed by atoms with van der Waals surface area (Å²) in [5.41, 5.74) is 3.08. The van der Waals surface area contributed by atoms with E-state index in [1.807, 2.05) is 12.1 Å². The molecule has 2 N–H and O–H groups in total. The molecule has 6 heteroatoms. The predicted molar refractivity (Wildman–Crippen MR) is 88.6 cm³/mol. The van der Waals surface area contributed by atoms with Crippen LogP contribution in [0.4, 0.5) is 0 Å². The largest absolute Gasteiger partial charge is 0.478 e. The number of rotatable bonds is 4. The monoisotopic (exact) mass is 343 g/mol. The van der Waals surface area contributed by atoms with E-state index in [0.29, 0.717) is 11.5 Å². The van der Waals surface area contributed by atoms with Gasteiger partial charge in [-0.1, -0.05) is 24.3 Å². The third kappa shape index (κ3) is 2.34. The van der Waals surface area contributed by atoms with Gasteiger partial charge < -0.3 is 5.11 Å². The Morgan fingerprint density at radius 1 is 1.21 bits per heavy atom. The zero-order valence-corrected chi connectivity index (χ0v) is 13.9. The standard InChI is InChI=1S/C18H17NO4S/c1-10-8-12(18(20)21)6-7-15(10)24(22,23)19-17-14-9-11-4-2-3-5-13(11)16(14)17/h2-8,14,16-17,19H,9H2,1H3,(H,20,21)/t14-,16+,17+/m0/s1. The number of sulfonamides is 1. The molecule has 0 unspecified atom stereocenters. The Labute approximate surface area is 140 Å². The van der Waals surface area contributed by atoms with Gasteiger partial charge in [-0.15, -0.1) is 0 Å². The highest BCUT2D eigenvalue weighted by atomic mass is 32.2. The minimum Gasteiger partial charge on any atom is -0.478 e. The van der Waals surface area contributed by atoms with E-state index in [9.17, 15) is 13.2 Å². The summed E-state index contributed by atoms with van der Waals surface area (Å²) in [7, 11) is -3.66. The van der Waals surface area contributed by atoms with Gasteiger partial charge in [0.1, 0.15) is 0 Å². The molecule has 2 aliphatic rings. The summed E-state index contributed by atoms with van der Waals surface area (Å²) in [5.74, 6) is -0.478. The Bertz CT molecular complexity index is 951. The van der Waals surface area contributed by atoms with Crippen LogP contribution in [0.1, 0.15) is 33.0 Å². The van der Waals surface area contributed by atoms with Crippen molar-refractivity contribution in [3.05, 3.63) is 64.7 Å². The number of hydrogen-bond acceptors (Lipinski definition) is 3. The smallest absolute Gasteiger partial charge is 0.335 e. The minimum atomic E-state index is -3.66. The van der Waals surface area contributed by atoms with Crippen LogP contribution in [0, 0.1) is 12.8 Å². The molecule has 0 saturated heterocycles. The zero-order chi connectivity index (χ0) is 17.1. The number of aryl methyl sites for hydroxylation is 1. The Hall–Kier alpha value is -2.18. The summed E-state index contributed by atoms with van der Waals surface area (Å²) in [6.45, 7) is 1.62. The van der Waals surface area contributed by atoms with Crippen molar-refractivity contribution in [3.8, 4) is 0 Å². The quantitative estimate of drug-likeness (QED) is 0.892. The van der Waals surface area contributed by atoms with Crippen molar-refractivity contribution in [2.75, 3.05) is 0 Å². The highest BCUT2D eigenvalue weighted by Gasteiger charge is 2.56. The maximum atomic E-state index is 12.7. The van der Waals surface area contributed by atoms with E-state index in [1.54, 1.807) is 6.92 Å². The molecule has 4 rings (SSSR count). The van der Waals surface area contributed by atoms with Gasteiger partial charge in [-0.05, 0) is 54.2 Å². The Morgan fingerprint density at radius 3 is 2.67 bits per heavy atom. The summed E-state index contributed by atoms with van der Waals surface area (Å²) in [4.78, 5) is 11.1. The van der Waals surface area contributed by atoms with Crippen LogP contribution in [0.5, 0.6) is 0 Å². The Morgan fingerprint density at radius 2 is 1.96 bits per heavy atom. The number of carboxylic acid groups (broad SMARTS) is 1. The molecule has 0 radical (unpaired) electrons. The van der Waals surface area contributed by atoms with Crippen molar-refractivity contribution in [1.29, 1.82) is 0 Å². The summed E-state index contributed by atoms with van der Waals surface area (Å²) in [6.07, 6.45) is 0.908. The molecule has 0 aromatic heterocycles. The van der Waals surface area contributed by atoms with Gasteiger partial charge in [0.25, 0.3) is 0 Å². The van der Waals surface area contributed by atoms with Crippen LogP contribution in [0.2, 0.25) is 0 Å². The van der Waals surface area contributed by atoms with Crippen molar-refractivity contribution in [2.24, 2.45) is 5.92 Å². The van der Waals surface area contributed by atoms with Crippen LogP contribution in [0.15, 0.2) is 47.4 Å². The van der Waals surface area contributed by atoms with Gasteiger partial charge in [0.15, 0.2) is 0 Å². The van der Waals surface area contributed by atoms with Crippen molar-refractivity contribution in [1.82, 2.24) is 4.72 Å². The van der Waals surface area contributed by atoms with Crippen LogP contribution < -0.4 is 4.72 Å². The molecule has 0 bridgehead atoms. The topological polar surface area (TPSA) is 83.5 Å². The number of carbonyl (C=O) groups is 1. The molecule has 3 atom stereocenters. The second-order valence-corrected chi connectivity index (χ2v) is 8.21. The van der Waals surface area contributed by atoms with E-state index in [4.69, 9.17) is 5.11 Å². The average Bonchev–Trinajstić information content (AvgIpc) is 3.03. The lowest BCUT2D eigenvalue weighted by Gasteiger charge is -2.12. The van der Waals surface area contributed by atoms with E-state index in [0.717, 1.165) is 6.42 Å². The second kappa shape index (κ2) is 5.16. The van der Waals surface area contributed by atoms with Gasteiger partial charge in [0.05, 0.1) is 10.5 Å². The fraction of sp³-hybridized carbons (Fsp3) is 0.278. The molecule has 2 aromatic rings.